The Bertz CT molecular complexity index is 554. The Kier molecular flexibility index (Phi) is 3.26. The van der Waals surface area contributed by atoms with Crippen molar-refractivity contribution in [2.75, 3.05) is 0 Å². The van der Waals surface area contributed by atoms with Crippen LogP contribution in [0.25, 0.3) is 0 Å². The molecule has 0 fully saturated rings. The van der Waals surface area contributed by atoms with E-state index < -0.39 is 17.7 Å². The molecule has 0 saturated carbocycles. The number of rotatable bonds is 2. The van der Waals surface area contributed by atoms with Gasteiger partial charge in [0.2, 0.25) is 0 Å². The lowest BCUT2D eigenvalue weighted by atomic mass is 10.1. The first-order chi connectivity index (χ1) is 8.02. The molecule has 90 valence electrons. The zero-order valence-electron chi connectivity index (χ0n) is 8.99. The van der Waals surface area contributed by atoms with Crippen LogP contribution in [0.4, 0.5) is 8.78 Å². The Morgan fingerprint density at radius 1 is 1.41 bits per heavy atom. The Labute approximate surface area is 105 Å². The molecule has 0 aliphatic rings. The largest absolute Gasteiger partial charge is 0.336 e. The average molecular weight is 302 g/mol. The summed E-state index contributed by atoms with van der Waals surface area (Å²) in [5, 5.41) is 0. The molecule has 3 nitrogen and oxygen atoms in total. The van der Waals surface area contributed by atoms with Gasteiger partial charge in [-0.2, -0.15) is 0 Å². The maximum absolute atomic E-state index is 13.8. The smallest absolute Gasteiger partial charge is 0.145 e. The van der Waals surface area contributed by atoms with E-state index in [1.54, 1.807) is 17.8 Å². The van der Waals surface area contributed by atoms with Crippen LogP contribution in [0.2, 0.25) is 0 Å². The van der Waals surface area contributed by atoms with E-state index in [1.807, 2.05) is 0 Å². The molecule has 0 aliphatic heterocycles. The summed E-state index contributed by atoms with van der Waals surface area (Å²) in [6, 6.07) is 1.54. The Morgan fingerprint density at radius 3 is 2.71 bits per heavy atom. The van der Waals surface area contributed by atoms with E-state index in [4.69, 9.17) is 5.73 Å². The third-order valence-electron chi connectivity index (χ3n) is 2.53. The molecule has 0 aliphatic carbocycles. The van der Waals surface area contributed by atoms with Gasteiger partial charge in [0.05, 0.1) is 10.5 Å². The van der Waals surface area contributed by atoms with Crippen LogP contribution >= 0.6 is 15.9 Å². The van der Waals surface area contributed by atoms with Crippen molar-refractivity contribution in [2.24, 2.45) is 12.8 Å². The number of hydrogen-bond acceptors (Lipinski definition) is 2. The summed E-state index contributed by atoms with van der Waals surface area (Å²) in [4.78, 5) is 3.99. The van der Waals surface area contributed by atoms with Gasteiger partial charge in [0.1, 0.15) is 17.5 Å². The minimum atomic E-state index is -0.938. The van der Waals surface area contributed by atoms with Crippen molar-refractivity contribution in [3.05, 3.63) is 52.0 Å². The van der Waals surface area contributed by atoms with Gasteiger partial charge in [-0.05, 0) is 28.1 Å². The first-order valence-corrected chi connectivity index (χ1v) is 5.68. The maximum atomic E-state index is 13.8. The normalized spacial score (nSPS) is 12.8. The average Bonchev–Trinajstić information content (AvgIpc) is 2.70. The number of aryl methyl sites for hydroxylation is 1. The van der Waals surface area contributed by atoms with E-state index in [0.717, 1.165) is 0 Å². The maximum Gasteiger partial charge on any atom is 0.145 e. The monoisotopic (exact) mass is 301 g/mol. The van der Waals surface area contributed by atoms with E-state index >= 15 is 0 Å². The molecule has 1 heterocycles. The highest BCUT2D eigenvalue weighted by Crippen LogP contribution is 2.28. The molecule has 1 atom stereocenters. The van der Waals surface area contributed by atoms with E-state index in [2.05, 4.69) is 20.9 Å². The van der Waals surface area contributed by atoms with Crippen LogP contribution in [0.5, 0.6) is 0 Å². The number of nitrogens with two attached hydrogens (primary N) is 1. The lowest BCUT2D eigenvalue weighted by Gasteiger charge is -2.14. The molecular formula is C11H10BrF2N3. The predicted octanol–water partition coefficient (Wildman–Crippen LogP) is 2.51. The molecule has 0 spiro atoms. The van der Waals surface area contributed by atoms with Crippen LogP contribution in [0.1, 0.15) is 17.4 Å². The fourth-order valence-electron chi connectivity index (χ4n) is 1.63. The molecule has 6 heteroatoms. The van der Waals surface area contributed by atoms with Crippen molar-refractivity contribution < 1.29 is 8.78 Å². The number of nitrogens with zero attached hydrogens (tertiary/aromatic N) is 2. The predicted molar refractivity (Wildman–Crippen MR) is 63.3 cm³/mol. The SMILES string of the molecule is Cn1ccnc1C(N)c1c(F)ccc(Br)c1F. The number of imidazole rings is 1. The lowest BCUT2D eigenvalue weighted by Crippen LogP contribution is -2.19. The summed E-state index contributed by atoms with van der Waals surface area (Å²) >= 11 is 3.01. The fraction of sp³-hybridized carbons (Fsp3) is 0.182. The van der Waals surface area contributed by atoms with Gasteiger partial charge in [0.25, 0.3) is 0 Å². The van der Waals surface area contributed by atoms with Gasteiger partial charge in [-0.25, -0.2) is 13.8 Å². The topological polar surface area (TPSA) is 43.8 Å². The highest BCUT2D eigenvalue weighted by atomic mass is 79.9. The summed E-state index contributed by atoms with van der Waals surface area (Å²) in [6.45, 7) is 0. The minimum absolute atomic E-state index is 0.179. The van der Waals surface area contributed by atoms with Gasteiger partial charge < -0.3 is 10.3 Å². The van der Waals surface area contributed by atoms with Gasteiger partial charge in [-0.15, -0.1) is 0 Å². The summed E-state index contributed by atoms with van der Waals surface area (Å²) in [5.74, 6) is -0.970. The third kappa shape index (κ3) is 2.10. The van der Waals surface area contributed by atoms with Crippen molar-refractivity contribution in [1.29, 1.82) is 0 Å². The molecule has 2 aromatic rings. The third-order valence-corrected chi connectivity index (χ3v) is 3.14. The first kappa shape index (κ1) is 12.2. The Morgan fingerprint density at radius 2 is 2.12 bits per heavy atom. The number of benzene rings is 1. The van der Waals surface area contributed by atoms with Crippen LogP contribution < -0.4 is 5.73 Å². The molecule has 1 aromatic carbocycles. The summed E-state index contributed by atoms with van der Waals surface area (Å²) in [5.41, 5.74) is 5.66. The highest BCUT2D eigenvalue weighted by molar-refractivity contribution is 9.10. The quantitative estimate of drug-likeness (QED) is 0.866. The summed E-state index contributed by atoms with van der Waals surface area (Å²) in [6.07, 6.45) is 3.20. The van der Waals surface area contributed by atoms with Crippen LogP contribution in [-0.4, -0.2) is 9.55 Å². The van der Waals surface area contributed by atoms with Gasteiger partial charge in [-0.1, -0.05) is 0 Å². The van der Waals surface area contributed by atoms with E-state index in [9.17, 15) is 8.78 Å². The van der Waals surface area contributed by atoms with Crippen LogP contribution in [0, 0.1) is 11.6 Å². The summed E-state index contributed by atoms with van der Waals surface area (Å²) < 4.78 is 29.3. The number of halogens is 3. The van der Waals surface area contributed by atoms with E-state index in [0.29, 0.717) is 5.82 Å². The zero-order valence-corrected chi connectivity index (χ0v) is 10.6. The lowest BCUT2D eigenvalue weighted by molar-refractivity contribution is 0.530. The molecule has 0 radical (unpaired) electrons. The van der Waals surface area contributed by atoms with Crippen LogP contribution in [-0.2, 0) is 7.05 Å². The van der Waals surface area contributed by atoms with Crippen LogP contribution in [0.3, 0.4) is 0 Å². The van der Waals surface area contributed by atoms with Gasteiger partial charge in [-0.3, -0.25) is 0 Å². The van der Waals surface area contributed by atoms with Crippen LogP contribution in [0.15, 0.2) is 29.0 Å². The molecule has 0 amide bonds. The molecule has 0 bridgehead atoms. The van der Waals surface area contributed by atoms with E-state index in [1.165, 1.54) is 18.3 Å². The van der Waals surface area contributed by atoms with Crippen molar-refractivity contribution in [1.82, 2.24) is 9.55 Å². The second-order valence-electron chi connectivity index (χ2n) is 3.63. The van der Waals surface area contributed by atoms with E-state index in [-0.39, 0.29) is 10.0 Å². The van der Waals surface area contributed by atoms with Gasteiger partial charge in [0, 0.05) is 25.0 Å². The van der Waals surface area contributed by atoms with Crippen molar-refractivity contribution >= 4 is 15.9 Å². The van der Waals surface area contributed by atoms with Crippen molar-refractivity contribution in [2.45, 2.75) is 6.04 Å². The zero-order chi connectivity index (χ0) is 12.6. The first-order valence-electron chi connectivity index (χ1n) is 4.88. The summed E-state index contributed by atoms with van der Waals surface area (Å²) in [7, 11) is 1.72. The van der Waals surface area contributed by atoms with Gasteiger partial charge >= 0.3 is 0 Å². The minimum Gasteiger partial charge on any atom is -0.336 e. The second kappa shape index (κ2) is 4.54. The Balaban J connectivity index is 2.55. The molecule has 17 heavy (non-hydrogen) atoms. The number of aromatic nitrogens is 2. The molecule has 2 N–H and O–H groups in total. The molecule has 1 aromatic heterocycles. The molecule has 2 rings (SSSR count). The fourth-order valence-corrected chi connectivity index (χ4v) is 1.98. The highest BCUT2D eigenvalue weighted by Gasteiger charge is 2.22. The molecular weight excluding hydrogens is 292 g/mol. The van der Waals surface area contributed by atoms with Gasteiger partial charge in [0.15, 0.2) is 0 Å². The standard InChI is InChI=1S/C11H10BrF2N3/c1-17-5-4-16-11(17)10(15)8-7(13)3-2-6(12)9(8)14/h2-5,10H,15H2,1H3. The van der Waals surface area contributed by atoms with Crippen molar-refractivity contribution in [3.63, 3.8) is 0 Å². The Hall–Kier alpha value is -1.27. The van der Waals surface area contributed by atoms with Crippen molar-refractivity contribution in [3.8, 4) is 0 Å². The number of hydrogen-bond donors (Lipinski definition) is 1. The second-order valence-corrected chi connectivity index (χ2v) is 4.49. The molecule has 1 unspecified atom stereocenters. The molecule has 0 saturated heterocycles.